The first kappa shape index (κ1) is 18.3. The predicted molar refractivity (Wildman–Crippen MR) is 103 cm³/mol. The van der Waals surface area contributed by atoms with Crippen LogP contribution >= 0.6 is 22.9 Å². The first-order valence-electron chi connectivity index (χ1n) is 8.06. The molecule has 1 unspecified atom stereocenters. The van der Waals surface area contributed by atoms with Gasteiger partial charge in [0, 0.05) is 10.6 Å². The molecule has 1 aliphatic heterocycles. The summed E-state index contributed by atoms with van der Waals surface area (Å²) in [6.07, 6.45) is 0. The topological polar surface area (TPSA) is 83.4 Å². The molecular formula is C19H11ClFN3O3S. The van der Waals surface area contributed by atoms with Crippen molar-refractivity contribution in [1.82, 2.24) is 10.2 Å². The molecule has 3 aromatic rings. The van der Waals surface area contributed by atoms with E-state index in [0.717, 1.165) is 23.5 Å². The zero-order valence-electron chi connectivity index (χ0n) is 14.0. The molecule has 6 nitrogen and oxygen atoms in total. The Hall–Kier alpha value is -3.10. The van der Waals surface area contributed by atoms with E-state index in [0.29, 0.717) is 10.6 Å². The van der Waals surface area contributed by atoms with Gasteiger partial charge in [-0.3, -0.25) is 14.5 Å². The number of rotatable bonds is 3. The highest BCUT2D eigenvalue weighted by Crippen LogP contribution is 2.42. The molecule has 0 radical (unpaired) electrons. The molecule has 0 spiro atoms. The van der Waals surface area contributed by atoms with Gasteiger partial charge in [-0.1, -0.05) is 35.1 Å². The number of carbonyl (C=O) groups is 2. The van der Waals surface area contributed by atoms with Crippen molar-refractivity contribution in [2.45, 2.75) is 6.04 Å². The number of aromatic nitrogens is 2. The monoisotopic (exact) mass is 415 g/mol. The molecule has 1 fully saturated rings. The molecule has 4 rings (SSSR count). The molecule has 1 saturated heterocycles. The normalized spacial score (nSPS) is 18.6. The number of benzene rings is 2. The van der Waals surface area contributed by atoms with E-state index >= 15 is 0 Å². The summed E-state index contributed by atoms with van der Waals surface area (Å²) in [5.41, 5.74) is 2.10. The van der Waals surface area contributed by atoms with E-state index in [2.05, 4.69) is 10.2 Å². The Bertz CT molecular complexity index is 1080. The Labute approximate surface area is 167 Å². The molecule has 0 aliphatic carbocycles. The third kappa shape index (κ3) is 3.06. The lowest BCUT2D eigenvalue weighted by atomic mass is 9.95. The predicted octanol–water partition coefficient (Wildman–Crippen LogP) is 3.96. The smallest absolute Gasteiger partial charge is 0.301 e. The quantitative estimate of drug-likeness (QED) is 0.397. The maximum atomic E-state index is 13.2. The Balaban J connectivity index is 1.93. The van der Waals surface area contributed by atoms with E-state index in [1.807, 2.05) is 0 Å². The van der Waals surface area contributed by atoms with E-state index in [4.69, 9.17) is 11.6 Å². The number of hydrogen-bond donors (Lipinski definition) is 1. The molecule has 1 aromatic heterocycles. The van der Waals surface area contributed by atoms with Crippen molar-refractivity contribution in [2.24, 2.45) is 0 Å². The van der Waals surface area contributed by atoms with Gasteiger partial charge in [-0.2, -0.15) is 0 Å². The molecule has 2 heterocycles. The summed E-state index contributed by atoms with van der Waals surface area (Å²) in [7, 11) is 0. The molecule has 0 saturated carbocycles. The minimum absolute atomic E-state index is 0.117. The van der Waals surface area contributed by atoms with Crippen molar-refractivity contribution >= 4 is 45.5 Å². The van der Waals surface area contributed by atoms with Crippen molar-refractivity contribution < 1.29 is 19.1 Å². The van der Waals surface area contributed by atoms with E-state index < -0.39 is 29.3 Å². The highest BCUT2D eigenvalue weighted by Gasteiger charge is 2.48. The first-order chi connectivity index (χ1) is 13.5. The number of carbonyl (C=O) groups excluding carboxylic acids is 2. The molecule has 9 heteroatoms. The van der Waals surface area contributed by atoms with Gasteiger partial charge in [0.05, 0.1) is 11.6 Å². The van der Waals surface area contributed by atoms with Gasteiger partial charge < -0.3 is 5.11 Å². The largest absolute Gasteiger partial charge is 0.507 e. The standard InChI is InChI=1S/C19H11ClFN3O3S/c20-12-5-1-10(2-6-12)15-14(16(25)11-3-7-13(21)8-4-11)17(26)18(27)24(15)19-23-22-9-28-19/h1-9,15,25H/b16-14-. The van der Waals surface area contributed by atoms with Gasteiger partial charge in [0.15, 0.2) is 0 Å². The van der Waals surface area contributed by atoms with Crippen molar-refractivity contribution in [3.05, 3.63) is 81.6 Å². The van der Waals surface area contributed by atoms with Crippen molar-refractivity contribution in [3.8, 4) is 0 Å². The molecule has 28 heavy (non-hydrogen) atoms. The lowest BCUT2D eigenvalue weighted by molar-refractivity contribution is -0.132. The first-order valence-corrected chi connectivity index (χ1v) is 9.31. The minimum Gasteiger partial charge on any atom is -0.507 e. The number of ketones is 1. The number of nitrogens with zero attached hydrogens (tertiary/aromatic N) is 3. The van der Waals surface area contributed by atoms with Gasteiger partial charge in [-0.25, -0.2) is 4.39 Å². The third-order valence-electron chi connectivity index (χ3n) is 4.30. The molecule has 2 aromatic carbocycles. The van der Waals surface area contributed by atoms with Gasteiger partial charge in [0.2, 0.25) is 5.13 Å². The van der Waals surface area contributed by atoms with Crippen LogP contribution < -0.4 is 4.90 Å². The van der Waals surface area contributed by atoms with E-state index in [1.54, 1.807) is 24.3 Å². The second-order valence-electron chi connectivity index (χ2n) is 5.95. The van der Waals surface area contributed by atoms with E-state index in [-0.39, 0.29) is 16.3 Å². The fraction of sp³-hybridized carbons (Fsp3) is 0.0526. The van der Waals surface area contributed by atoms with Crippen molar-refractivity contribution in [3.63, 3.8) is 0 Å². The summed E-state index contributed by atoms with van der Waals surface area (Å²) in [4.78, 5) is 26.7. The zero-order chi connectivity index (χ0) is 19.8. The summed E-state index contributed by atoms with van der Waals surface area (Å²) < 4.78 is 13.2. The van der Waals surface area contributed by atoms with Gasteiger partial charge in [-0.05, 0) is 42.0 Å². The van der Waals surface area contributed by atoms with Crippen LogP contribution in [0.2, 0.25) is 5.02 Å². The van der Waals surface area contributed by atoms with Crippen LogP contribution in [-0.4, -0.2) is 27.0 Å². The van der Waals surface area contributed by atoms with Gasteiger partial charge in [0.25, 0.3) is 5.78 Å². The number of hydrogen-bond acceptors (Lipinski definition) is 6. The van der Waals surface area contributed by atoms with Crippen LogP contribution in [0.1, 0.15) is 17.2 Å². The molecule has 1 amide bonds. The minimum atomic E-state index is -0.921. The summed E-state index contributed by atoms with van der Waals surface area (Å²) >= 11 is 7.05. The fourth-order valence-electron chi connectivity index (χ4n) is 3.03. The second kappa shape index (κ2) is 7.14. The fourth-order valence-corrected chi connectivity index (χ4v) is 3.74. The molecule has 1 atom stereocenters. The maximum absolute atomic E-state index is 13.2. The number of aliphatic hydroxyl groups is 1. The van der Waals surface area contributed by atoms with E-state index in [9.17, 15) is 19.1 Å². The highest BCUT2D eigenvalue weighted by molar-refractivity contribution is 7.13. The lowest BCUT2D eigenvalue weighted by Gasteiger charge is -2.22. The summed E-state index contributed by atoms with van der Waals surface area (Å²) in [5.74, 6) is -2.58. The Kier molecular flexibility index (Phi) is 4.66. The Morgan fingerprint density at radius 3 is 2.39 bits per heavy atom. The van der Waals surface area contributed by atoms with Gasteiger partial charge in [0.1, 0.15) is 17.1 Å². The molecule has 1 N–H and O–H groups in total. The highest BCUT2D eigenvalue weighted by atomic mass is 35.5. The Morgan fingerprint density at radius 1 is 1.11 bits per heavy atom. The van der Waals surface area contributed by atoms with Crippen LogP contribution in [0.5, 0.6) is 0 Å². The van der Waals surface area contributed by atoms with Crippen LogP contribution in [0.25, 0.3) is 5.76 Å². The second-order valence-corrected chi connectivity index (χ2v) is 7.20. The van der Waals surface area contributed by atoms with Crippen molar-refractivity contribution in [1.29, 1.82) is 0 Å². The Morgan fingerprint density at radius 2 is 1.79 bits per heavy atom. The molecule has 1 aliphatic rings. The average Bonchev–Trinajstić information content (AvgIpc) is 3.30. The van der Waals surface area contributed by atoms with Gasteiger partial charge >= 0.3 is 5.91 Å². The van der Waals surface area contributed by atoms with Crippen LogP contribution in [0, 0.1) is 5.82 Å². The third-order valence-corrected chi connectivity index (χ3v) is 5.24. The summed E-state index contributed by atoms with van der Waals surface area (Å²) in [5, 5.41) is 19.1. The summed E-state index contributed by atoms with van der Waals surface area (Å²) in [6, 6.07) is 10.6. The van der Waals surface area contributed by atoms with Crippen molar-refractivity contribution in [2.75, 3.05) is 4.90 Å². The van der Waals surface area contributed by atoms with Gasteiger partial charge in [-0.15, -0.1) is 10.2 Å². The molecular weight excluding hydrogens is 405 g/mol. The molecule has 0 bridgehead atoms. The number of aliphatic hydroxyl groups excluding tert-OH is 1. The number of Topliss-reactive ketones (excluding diaryl/α,β-unsaturated/α-hetero) is 1. The number of anilines is 1. The van der Waals surface area contributed by atoms with E-state index in [1.165, 1.54) is 22.5 Å². The average molecular weight is 416 g/mol. The maximum Gasteiger partial charge on any atom is 0.301 e. The van der Waals surface area contributed by atoms with Crippen LogP contribution in [-0.2, 0) is 9.59 Å². The van der Waals surface area contributed by atoms with Crippen LogP contribution in [0.3, 0.4) is 0 Å². The lowest BCUT2D eigenvalue weighted by Crippen LogP contribution is -2.29. The number of halogens is 2. The number of amides is 1. The molecule has 140 valence electrons. The SMILES string of the molecule is O=C1C(=O)N(c2nncs2)C(c2ccc(Cl)cc2)/C1=C(/O)c1ccc(F)cc1. The zero-order valence-corrected chi connectivity index (χ0v) is 15.6. The van der Waals surface area contributed by atoms with Crippen LogP contribution in [0.4, 0.5) is 9.52 Å². The van der Waals surface area contributed by atoms with Crippen LogP contribution in [0.15, 0.2) is 59.6 Å². The summed E-state index contributed by atoms with van der Waals surface area (Å²) in [6.45, 7) is 0.